The number of nitrogens with zero attached hydrogens (tertiary/aromatic N) is 2. The summed E-state index contributed by atoms with van der Waals surface area (Å²) in [4.78, 5) is 44.5. The third-order valence-electron chi connectivity index (χ3n) is 4.15. The number of carbonyl (C=O) groups is 2. The molecule has 30 heavy (non-hydrogen) atoms. The molecule has 0 spiro atoms. The number of ether oxygens (including phenoxy) is 2. The van der Waals surface area contributed by atoms with Crippen LogP contribution in [0.3, 0.4) is 0 Å². The highest BCUT2D eigenvalue weighted by Gasteiger charge is 2.21. The first-order chi connectivity index (χ1) is 14.4. The van der Waals surface area contributed by atoms with Gasteiger partial charge in [-0.3, -0.25) is 20.2 Å². The fraction of sp³-hybridized carbons (Fsp3) is 0.300. The molecule has 10 heteroatoms. The second kappa shape index (κ2) is 11.2. The molecule has 0 N–H and O–H groups in total. The van der Waals surface area contributed by atoms with Crippen LogP contribution in [0.5, 0.6) is 0 Å². The van der Waals surface area contributed by atoms with Gasteiger partial charge < -0.3 is 9.47 Å². The highest BCUT2D eigenvalue weighted by atomic mass is 16.6. The predicted octanol–water partition coefficient (Wildman–Crippen LogP) is 4.08. The molecule has 0 aromatic heterocycles. The Morgan fingerprint density at radius 3 is 1.40 bits per heavy atom. The summed E-state index contributed by atoms with van der Waals surface area (Å²) < 4.78 is 10.1. The summed E-state index contributed by atoms with van der Waals surface area (Å²) in [6.07, 6.45) is 2.47. The molecule has 0 fully saturated rings. The molecular weight excluding hydrogens is 396 g/mol. The van der Waals surface area contributed by atoms with Crippen molar-refractivity contribution in [2.45, 2.75) is 25.7 Å². The van der Waals surface area contributed by atoms with E-state index in [2.05, 4.69) is 0 Å². The minimum atomic E-state index is -0.749. The van der Waals surface area contributed by atoms with E-state index in [1.54, 1.807) is 0 Å². The number of benzene rings is 2. The van der Waals surface area contributed by atoms with E-state index >= 15 is 0 Å². The van der Waals surface area contributed by atoms with Crippen LogP contribution in [-0.4, -0.2) is 35.0 Å². The van der Waals surface area contributed by atoms with Crippen LogP contribution in [-0.2, 0) is 9.47 Å². The number of carbonyl (C=O) groups excluding carboxylic acids is 2. The molecule has 0 unspecified atom stereocenters. The van der Waals surface area contributed by atoms with E-state index in [0.29, 0.717) is 25.7 Å². The zero-order valence-electron chi connectivity index (χ0n) is 16.0. The van der Waals surface area contributed by atoms with Gasteiger partial charge in [-0.1, -0.05) is 24.3 Å². The Morgan fingerprint density at radius 2 is 1.03 bits per heavy atom. The van der Waals surface area contributed by atoms with E-state index in [4.69, 9.17) is 9.47 Å². The van der Waals surface area contributed by atoms with Crippen LogP contribution < -0.4 is 0 Å². The average molecular weight is 416 g/mol. The molecule has 2 aromatic carbocycles. The van der Waals surface area contributed by atoms with Gasteiger partial charge in [0.05, 0.1) is 23.1 Å². The molecule has 0 heterocycles. The van der Waals surface area contributed by atoms with E-state index in [1.807, 2.05) is 0 Å². The van der Waals surface area contributed by atoms with Gasteiger partial charge in [-0.2, -0.15) is 0 Å². The van der Waals surface area contributed by atoms with Gasteiger partial charge in [0, 0.05) is 12.1 Å². The van der Waals surface area contributed by atoms with Gasteiger partial charge in [0.1, 0.15) is 11.1 Å². The van der Waals surface area contributed by atoms with E-state index < -0.39 is 21.8 Å². The van der Waals surface area contributed by atoms with Crippen LogP contribution in [0, 0.1) is 20.2 Å². The number of para-hydroxylation sites is 2. The van der Waals surface area contributed by atoms with Gasteiger partial charge in [0.25, 0.3) is 11.4 Å². The minimum Gasteiger partial charge on any atom is -0.462 e. The number of hydrogen-bond donors (Lipinski definition) is 0. The van der Waals surface area contributed by atoms with Crippen LogP contribution in [0.15, 0.2) is 48.5 Å². The number of esters is 2. The lowest BCUT2D eigenvalue weighted by Crippen LogP contribution is -2.10. The summed E-state index contributed by atoms with van der Waals surface area (Å²) in [6.45, 7) is 0.224. The Kier molecular flexibility index (Phi) is 8.42. The maximum Gasteiger partial charge on any atom is 0.345 e. The van der Waals surface area contributed by atoms with E-state index in [9.17, 15) is 29.8 Å². The Bertz CT molecular complexity index is 853. The first-order valence-corrected chi connectivity index (χ1v) is 9.23. The maximum absolute atomic E-state index is 12.0. The first-order valence-electron chi connectivity index (χ1n) is 9.23. The van der Waals surface area contributed by atoms with Crippen molar-refractivity contribution < 1.29 is 28.9 Å². The first kappa shape index (κ1) is 22.5. The second-order valence-electron chi connectivity index (χ2n) is 6.23. The summed E-state index contributed by atoms with van der Waals surface area (Å²) in [5.74, 6) is -1.50. The molecule has 0 aliphatic carbocycles. The van der Waals surface area contributed by atoms with Gasteiger partial charge in [-0.25, -0.2) is 9.59 Å². The zero-order valence-corrected chi connectivity index (χ0v) is 16.0. The molecule has 0 atom stereocenters. The van der Waals surface area contributed by atoms with Crippen LogP contribution in [0.25, 0.3) is 0 Å². The molecule has 10 nitrogen and oxygen atoms in total. The largest absolute Gasteiger partial charge is 0.462 e. The van der Waals surface area contributed by atoms with Crippen LogP contribution in [0.4, 0.5) is 11.4 Å². The average Bonchev–Trinajstić information content (AvgIpc) is 2.75. The summed E-state index contributed by atoms with van der Waals surface area (Å²) in [6, 6.07) is 11.1. The predicted molar refractivity (Wildman–Crippen MR) is 105 cm³/mol. The molecule has 0 aliphatic heterocycles. The normalized spacial score (nSPS) is 10.3. The number of nitro benzene ring substituents is 2. The van der Waals surface area contributed by atoms with Crippen molar-refractivity contribution in [3.63, 3.8) is 0 Å². The Balaban J connectivity index is 1.64. The van der Waals surface area contributed by atoms with Gasteiger partial charge in [0.2, 0.25) is 0 Å². The van der Waals surface area contributed by atoms with Gasteiger partial charge >= 0.3 is 11.9 Å². The van der Waals surface area contributed by atoms with E-state index in [0.717, 1.165) is 0 Å². The van der Waals surface area contributed by atoms with Crippen molar-refractivity contribution in [2.24, 2.45) is 0 Å². The summed E-state index contributed by atoms with van der Waals surface area (Å²) >= 11 is 0. The number of rotatable bonds is 11. The topological polar surface area (TPSA) is 139 Å². The molecule has 158 valence electrons. The van der Waals surface area contributed by atoms with Gasteiger partial charge in [-0.15, -0.1) is 0 Å². The quantitative estimate of drug-likeness (QED) is 0.231. The Labute approximate surface area is 171 Å². The van der Waals surface area contributed by atoms with Crippen molar-refractivity contribution in [1.29, 1.82) is 0 Å². The van der Waals surface area contributed by atoms with Crippen molar-refractivity contribution in [3.05, 3.63) is 79.9 Å². The van der Waals surface area contributed by atoms with Crippen molar-refractivity contribution >= 4 is 23.3 Å². The van der Waals surface area contributed by atoms with E-state index in [1.165, 1.54) is 48.5 Å². The van der Waals surface area contributed by atoms with Crippen molar-refractivity contribution in [1.82, 2.24) is 0 Å². The third-order valence-corrected chi connectivity index (χ3v) is 4.15. The maximum atomic E-state index is 12.0. The summed E-state index contributed by atoms with van der Waals surface area (Å²) in [5.41, 5.74) is -0.792. The number of unbranched alkanes of at least 4 members (excludes halogenated alkanes) is 3. The lowest BCUT2D eigenvalue weighted by molar-refractivity contribution is -0.385. The molecule has 0 saturated heterocycles. The molecule has 2 rings (SSSR count). The van der Waals surface area contributed by atoms with E-state index in [-0.39, 0.29) is 35.7 Å². The van der Waals surface area contributed by atoms with Crippen LogP contribution >= 0.6 is 0 Å². The smallest absolute Gasteiger partial charge is 0.345 e. The standard InChI is InChI=1S/C20H20N2O8/c23-19(15-9-3-5-11-17(15)21(25)26)29-13-7-1-2-8-14-30-20(24)16-10-4-6-12-18(16)22(27)28/h3-6,9-12H,1-2,7-8,13-14H2. The minimum absolute atomic E-state index is 0.0931. The Morgan fingerprint density at radius 1 is 0.667 bits per heavy atom. The highest BCUT2D eigenvalue weighted by Crippen LogP contribution is 2.19. The van der Waals surface area contributed by atoms with Gasteiger partial charge in [-0.05, 0) is 37.8 Å². The Hall–Kier alpha value is -3.82. The molecule has 0 amide bonds. The van der Waals surface area contributed by atoms with Crippen LogP contribution in [0.1, 0.15) is 46.4 Å². The molecular formula is C20H20N2O8. The third kappa shape index (κ3) is 6.36. The fourth-order valence-corrected chi connectivity index (χ4v) is 2.65. The summed E-state index contributed by atoms with van der Waals surface area (Å²) in [7, 11) is 0. The zero-order chi connectivity index (χ0) is 21.9. The fourth-order valence-electron chi connectivity index (χ4n) is 2.65. The number of hydrogen-bond acceptors (Lipinski definition) is 8. The van der Waals surface area contributed by atoms with Crippen molar-refractivity contribution in [2.75, 3.05) is 13.2 Å². The lowest BCUT2D eigenvalue weighted by Gasteiger charge is -2.06. The number of nitro groups is 2. The molecule has 2 aromatic rings. The molecule has 0 aliphatic rings. The highest BCUT2D eigenvalue weighted by molar-refractivity contribution is 5.94. The van der Waals surface area contributed by atoms with Gasteiger partial charge in [0.15, 0.2) is 0 Å². The summed E-state index contributed by atoms with van der Waals surface area (Å²) in [5, 5.41) is 21.8. The molecule has 0 bridgehead atoms. The van der Waals surface area contributed by atoms with Crippen LogP contribution in [0.2, 0.25) is 0 Å². The molecule has 0 saturated carbocycles. The SMILES string of the molecule is O=C(OCCCCCCOC(=O)c1ccccc1[N+](=O)[O-])c1ccccc1[N+](=O)[O-]. The van der Waals surface area contributed by atoms with Crippen molar-refractivity contribution in [3.8, 4) is 0 Å². The molecule has 0 radical (unpaired) electrons. The second-order valence-corrected chi connectivity index (χ2v) is 6.23. The lowest BCUT2D eigenvalue weighted by atomic mass is 10.2. The monoisotopic (exact) mass is 416 g/mol.